The molecule has 14 nitrogen and oxygen atoms in total. The normalized spacial score (nSPS) is 15.4. The molecule has 0 saturated carbocycles. The summed E-state index contributed by atoms with van der Waals surface area (Å²) >= 11 is 0. The van der Waals surface area contributed by atoms with Crippen LogP contribution >= 0.6 is 24.8 Å². The number of nitrogens with zero attached hydrogens (tertiary/aromatic N) is 2. The second-order valence-corrected chi connectivity index (χ2v) is 17.7. The number of sulfone groups is 2. The van der Waals surface area contributed by atoms with Gasteiger partial charge >= 0.3 is 0 Å². The fourth-order valence-electron chi connectivity index (χ4n) is 6.53. The minimum absolute atomic E-state index is 0. The Morgan fingerprint density at radius 3 is 1.15 bits per heavy atom. The number of nitrogens with one attached hydrogen (secondary N) is 2. The average Bonchev–Trinajstić information content (AvgIpc) is 3.23. The number of amides is 2. The predicted octanol–water partition coefficient (Wildman–Crippen LogP) is 3.79. The van der Waals surface area contributed by atoms with Gasteiger partial charge in [-0.15, -0.1) is 48.5 Å². The molecule has 2 heterocycles. The van der Waals surface area contributed by atoms with E-state index in [1.54, 1.807) is 62.9 Å². The molecule has 4 rings (SSSR count). The summed E-state index contributed by atoms with van der Waals surface area (Å²) < 4.78 is 62.8. The Morgan fingerprint density at radius 2 is 0.883 bits per heavy atom. The van der Waals surface area contributed by atoms with Gasteiger partial charge in [-0.05, 0) is 102 Å². The zero-order valence-corrected chi connectivity index (χ0v) is 37.5. The van der Waals surface area contributed by atoms with Crippen LogP contribution in [0.2, 0.25) is 0 Å². The number of likely N-dealkylation sites (tertiary alicyclic amines) is 2. The van der Waals surface area contributed by atoms with Crippen molar-refractivity contribution in [3.63, 3.8) is 0 Å². The standard InChI is InChI=1S/2C21H26N2O5S.2ClH/c2*1-3-5-13-23-14-11-21(12-15-23,20(24)22-25)17-29(26,27)19-9-7-18(8-10-19)28-16-6-4-2;;/h2*7-10,25H,11-17H2,1-2H3,(H,22,24);2*1H. The third kappa shape index (κ3) is 15.5. The molecule has 0 radical (unpaired) electrons. The number of hydroxylamine groups is 2. The van der Waals surface area contributed by atoms with Crippen molar-refractivity contribution in [3.05, 3.63) is 48.5 Å². The number of carbonyl (C=O) groups excluding carboxylic acids is 2. The third-order valence-electron chi connectivity index (χ3n) is 10.0. The van der Waals surface area contributed by atoms with Crippen LogP contribution in [0.1, 0.15) is 53.4 Å². The van der Waals surface area contributed by atoms with Crippen LogP contribution in [0.5, 0.6) is 11.5 Å². The van der Waals surface area contributed by atoms with E-state index in [2.05, 4.69) is 57.2 Å². The van der Waals surface area contributed by atoms with Crippen molar-refractivity contribution in [1.82, 2.24) is 20.8 Å². The van der Waals surface area contributed by atoms with Crippen LogP contribution in [-0.2, 0) is 29.3 Å². The summed E-state index contributed by atoms with van der Waals surface area (Å²) in [4.78, 5) is 29.2. The maximum absolute atomic E-state index is 13.0. The molecule has 2 amide bonds. The molecule has 0 atom stereocenters. The Bertz CT molecular complexity index is 2020. The summed E-state index contributed by atoms with van der Waals surface area (Å²) in [6.07, 6.45) is 1.28. The monoisotopic (exact) mass is 908 g/mol. The lowest BCUT2D eigenvalue weighted by molar-refractivity contribution is -0.141. The minimum atomic E-state index is -3.75. The highest BCUT2D eigenvalue weighted by Gasteiger charge is 2.46. The molecular weight excluding hydrogens is 856 g/mol. The van der Waals surface area contributed by atoms with Crippen LogP contribution in [-0.4, -0.2) is 113 Å². The Morgan fingerprint density at radius 1 is 0.583 bits per heavy atom. The molecule has 0 aromatic heterocycles. The molecule has 18 heteroatoms. The molecule has 0 unspecified atom stereocenters. The first kappa shape index (κ1) is 53.6. The van der Waals surface area contributed by atoms with Gasteiger partial charge in [-0.1, -0.05) is 23.7 Å². The number of carbonyl (C=O) groups is 2. The second kappa shape index (κ2) is 26.0. The van der Waals surface area contributed by atoms with Gasteiger partial charge in [-0.2, -0.15) is 0 Å². The van der Waals surface area contributed by atoms with E-state index >= 15 is 0 Å². The van der Waals surface area contributed by atoms with Gasteiger partial charge in [0.25, 0.3) is 11.8 Å². The number of hydrogen-bond donors (Lipinski definition) is 4. The van der Waals surface area contributed by atoms with Crippen LogP contribution in [0.4, 0.5) is 0 Å². The van der Waals surface area contributed by atoms with Crippen molar-refractivity contribution < 1.29 is 46.3 Å². The Labute approximate surface area is 367 Å². The Hall–Kier alpha value is -4.46. The maximum Gasteiger partial charge on any atom is 0.250 e. The highest BCUT2D eigenvalue weighted by atomic mass is 35.5. The molecule has 4 N–H and O–H groups in total. The largest absolute Gasteiger partial charge is 0.481 e. The Balaban J connectivity index is 0.000000581. The molecule has 2 fully saturated rings. The number of halogens is 2. The molecule has 0 spiro atoms. The van der Waals surface area contributed by atoms with Crippen molar-refractivity contribution >= 4 is 56.3 Å². The van der Waals surface area contributed by atoms with E-state index in [9.17, 15) is 36.8 Å². The lowest BCUT2D eigenvalue weighted by Crippen LogP contribution is -2.51. The lowest BCUT2D eigenvalue weighted by atomic mass is 9.79. The molecule has 0 aliphatic carbocycles. The third-order valence-corrected chi connectivity index (χ3v) is 13.9. The number of piperidine rings is 2. The molecule has 2 saturated heterocycles. The van der Waals surface area contributed by atoms with Gasteiger partial charge in [0.15, 0.2) is 19.7 Å². The SMILES string of the molecule is CC#CCOc1ccc(S(=O)(=O)CC2(C(=O)NO)CCN(CC#CC)CC2)cc1.CC#CCOc1ccc(S(=O)(=O)CC2(C(=O)NO)CCN(CC#CC)CC2)cc1.Cl.Cl. The van der Waals surface area contributed by atoms with Gasteiger partial charge in [0.05, 0.1) is 45.2 Å². The first-order chi connectivity index (χ1) is 27.7. The van der Waals surface area contributed by atoms with Crippen molar-refractivity contribution in [3.8, 4) is 58.9 Å². The van der Waals surface area contributed by atoms with Crippen molar-refractivity contribution in [2.24, 2.45) is 10.8 Å². The number of hydrogen-bond acceptors (Lipinski definition) is 12. The van der Waals surface area contributed by atoms with E-state index in [-0.39, 0.29) is 59.3 Å². The molecule has 0 bridgehead atoms. The number of rotatable bonds is 14. The summed E-state index contributed by atoms with van der Waals surface area (Å²) in [6.45, 7) is 10.6. The molecule has 2 aliphatic heterocycles. The highest BCUT2D eigenvalue weighted by molar-refractivity contribution is 7.91. The highest BCUT2D eigenvalue weighted by Crippen LogP contribution is 2.37. The lowest BCUT2D eigenvalue weighted by Gasteiger charge is -2.39. The fourth-order valence-corrected chi connectivity index (χ4v) is 10.3. The van der Waals surface area contributed by atoms with Crippen LogP contribution in [0.15, 0.2) is 58.3 Å². The van der Waals surface area contributed by atoms with E-state index in [1.165, 1.54) is 24.3 Å². The van der Waals surface area contributed by atoms with E-state index in [0.717, 1.165) is 0 Å². The molecule has 2 aromatic rings. The quantitative estimate of drug-likeness (QED) is 0.122. The molecule has 328 valence electrons. The van der Waals surface area contributed by atoms with E-state index in [4.69, 9.17) is 9.47 Å². The van der Waals surface area contributed by atoms with Crippen LogP contribution in [0.25, 0.3) is 0 Å². The van der Waals surface area contributed by atoms with Crippen molar-refractivity contribution in [1.29, 1.82) is 0 Å². The molecule has 60 heavy (non-hydrogen) atoms. The Kier molecular flexibility index (Phi) is 23.2. The molecule has 2 aliphatic rings. The minimum Gasteiger partial charge on any atom is -0.481 e. The average molecular weight is 910 g/mol. The van der Waals surface area contributed by atoms with Crippen LogP contribution in [0.3, 0.4) is 0 Å². The van der Waals surface area contributed by atoms with E-state index in [0.29, 0.717) is 76.5 Å². The van der Waals surface area contributed by atoms with Crippen molar-refractivity contribution in [2.75, 3.05) is 64.0 Å². The van der Waals surface area contributed by atoms with Gasteiger partial charge in [0.2, 0.25) is 0 Å². The summed E-state index contributed by atoms with van der Waals surface area (Å²) in [7, 11) is -7.50. The summed E-state index contributed by atoms with van der Waals surface area (Å²) in [5.74, 6) is 21.5. The summed E-state index contributed by atoms with van der Waals surface area (Å²) in [5.41, 5.74) is 0.955. The number of benzene rings is 2. The maximum atomic E-state index is 13.0. The fraction of sp³-hybridized carbons (Fsp3) is 0.476. The number of ether oxygens (including phenoxy) is 2. The van der Waals surface area contributed by atoms with E-state index in [1.807, 2.05) is 0 Å². The van der Waals surface area contributed by atoms with E-state index < -0.39 is 42.3 Å². The molecular formula is C42H54Cl2N4O10S2. The topological polar surface area (TPSA) is 192 Å². The smallest absolute Gasteiger partial charge is 0.250 e. The van der Waals surface area contributed by atoms with Crippen LogP contribution < -0.4 is 20.4 Å². The molecule has 2 aromatic carbocycles. The first-order valence-corrected chi connectivity index (χ1v) is 21.9. The van der Waals surface area contributed by atoms with Gasteiger partial charge < -0.3 is 9.47 Å². The van der Waals surface area contributed by atoms with Gasteiger partial charge in [0, 0.05) is 26.2 Å². The van der Waals surface area contributed by atoms with Crippen molar-refractivity contribution in [2.45, 2.75) is 63.2 Å². The first-order valence-electron chi connectivity index (χ1n) is 18.6. The van der Waals surface area contributed by atoms with Gasteiger partial charge in [0.1, 0.15) is 24.7 Å². The summed E-state index contributed by atoms with van der Waals surface area (Å²) in [6, 6.07) is 12.1. The second-order valence-electron chi connectivity index (χ2n) is 13.7. The zero-order valence-electron chi connectivity index (χ0n) is 34.2. The zero-order chi connectivity index (χ0) is 42.7. The van der Waals surface area contributed by atoms with Gasteiger partial charge in [-0.3, -0.25) is 29.8 Å². The van der Waals surface area contributed by atoms with Crippen LogP contribution in [0, 0.1) is 58.2 Å². The predicted molar refractivity (Wildman–Crippen MR) is 232 cm³/mol. The van der Waals surface area contributed by atoms with Gasteiger partial charge in [-0.25, -0.2) is 27.8 Å². The summed E-state index contributed by atoms with van der Waals surface area (Å²) in [5, 5.41) is 18.4.